The lowest BCUT2D eigenvalue weighted by atomic mass is 9.87. The predicted octanol–water partition coefficient (Wildman–Crippen LogP) is 2.64. The van der Waals surface area contributed by atoms with Crippen LogP contribution in [0.25, 0.3) is 0 Å². The van der Waals surface area contributed by atoms with Crippen LogP contribution in [0.3, 0.4) is 0 Å². The molecular formula is C18H21FN2O3. The van der Waals surface area contributed by atoms with Crippen LogP contribution in [0.1, 0.15) is 36.0 Å². The van der Waals surface area contributed by atoms with Gasteiger partial charge < -0.3 is 14.5 Å². The summed E-state index contributed by atoms with van der Waals surface area (Å²) in [5.74, 6) is 0.486. The number of hydrogen-bond donors (Lipinski definition) is 1. The van der Waals surface area contributed by atoms with E-state index in [1.165, 1.54) is 12.1 Å². The molecule has 1 fully saturated rings. The van der Waals surface area contributed by atoms with Crippen LogP contribution in [-0.2, 0) is 11.2 Å². The second kappa shape index (κ2) is 7.13. The van der Waals surface area contributed by atoms with Gasteiger partial charge in [0.1, 0.15) is 11.6 Å². The van der Waals surface area contributed by atoms with Crippen LogP contribution in [-0.4, -0.2) is 34.2 Å². The summed E-state index contributed by atoms with van der Waals surface area (Å²) in [7, 11) is 0. The first kappa shape index (κ1) is 16.6. The van der Waals surface area contributed by atoms with Crippen molar-refractivity contribution < 1.29 is 18.8 Å². The average molecular weight is 332 g/mol. The van der Waals surface area contributed by atoms with Gasteiger partial charge in [-0.25, -0.2) is 4.39 Å². The Morgan fingerprint density at radius 2 is 2.04 bits per heavy atom. The summed E-state index contributed by atoms with van der Waals surface area (Å²) in [6.45, 7) is 3.01. The van der Waals surface area contributed by atoms with E-state index in [0.717, 1.165) is 18.4 Å². The fourth-order valence-corrected chi connectivity index (χ4v) is 3.16. The summed E-state index contributed by atoms with van der Waals surface area (Å²) in [5, 5.41) is 14.3. The molecule has 0 spiro atoms. The number of likely N-dealkylation sites (tertiary alicyclic amines) is 1. The van der Waals surface area contributed by atoms with Gasteiger partial charge in [0.25, 0.3) is 0 Å². The van der Waals surface area contributed by atoms with Crippen molar-refractivity contribution in [3.8, 4) is 0 Å². The number of rotatable bonds is 4. The largest absolute Gasteiger partial charge is 0.388 e. The van der Waals surface area contributed by atoms with Gasteiger partial charge in [0.15, 0.2) is 0 Å². The number of aliphatic hydroxyl groups excluding tert-OH is 1. The molecule has 1 aromatic heterocycles. The van der Waals surface area contributed by atoms with E-state index < -0.39 is 6.10 Å². The molecule has 0 radical (unpaired) electrons. The third-order valence-electron chi connectivity index (χ3n) is 4.56. The molecule has 128 valence electrons. The fourth-order valence-electron chi connectivity index (χ4n) is 3.16. The van der Waals surface area contributed by atoms with E-state index in [2.05, 4.69) is 5.16 Å². The second-order valence-corrected chi connectivity index (χ2v) is 6.32. The molecule has 1 unspecified atom stereocenters. The maximum absolute atomic E-state index is 13.0. The van der Waals surface area contributed by atoms with Gasteiger partial charge in [-0.3, -0.25) is 4.79 Å². The first-order valence-corrected chi connectivity index (χ1v) is 8.16. The standard InChI is InChI=1S/C18H21FN2O3/c1-12-10-16(20-24-12)11-17(22)21-8-6-14(7-9-21)18(23)13-2-4-15(19)5-3-13/h2-5,10,14,18,23H,6-9,11H2,1H3. The third-order valence-corrected chi connectivity index (χ3v) is 4.56. The predicted molar refractivity (Wildman–Crippen MR) is 85.6 cm³/mol. The Hall–Kier alpha value is -2.21. The van der Waals surface area contributed by atoms with E-state index >= 15 is 0 Å². The average Bonchev–Trinajstić information content (AvgIpc) is 3.00. The van der Waals surface area contributed by atoms with Crippen molar-refractivity contribution in [1.82, 2.24) is 10.1 Å². The Morgan fingerprint density at radius 3 is 2.62 bits per heavy atom. The minimum atomic E-state index is -0.624. The highest BCUT2D eigenvalue weighted by molar-refractivity contribution is 5.78. The van der Waals surface area contributed by atoms with Crippen molar-refractivity contribution in [3.05, 3.63) is 53.2 Å². The van der Waals surface area contributed by atoms with Crippen LogP contribution in [0.4, 0.5) is 4.39 Å². The Kier molecular flexibility index (Phi) is 4.94. The van der Waals surface area contributed by atoms with Crippen LogP contribution in [0, 0.1) is 18.7 Å². The molecule has 24 heavy (non-hydrogen) atoms. The Bertz CT molecular complexity index is 691. The summed E-state index contributed by atoms with van der Waals surface area (Å²) in [6.07, 6.45) is 1.06. The SMILES string of the molecule is Cc1cc(CC(=O)N2CCC(C(O)c3ccc(F)cc3)CC2)no1. The first-order valence-electron chi connectivity index (χ1n) is 8.16. The third kappa shape index (κ3) is 3.82. The summed E-state index contributed by atoms with van der Waals surface area (Å²) >= 11 is 0. The molecule has 1 saturated heterocycles. The lowest BCUT2D eigenvalue weighted by Crippen LogP contribution is -2.40. The molecule has 1 aliphatic rings. The van der Waals surface area contributed by atoms with Crippen molar-refractivity contribution in [2.75, 3.05) is 13.1 Å². The van der Waals surface area contributed by atoms with Crippen LogP contribution in [0.5, 0.6) is 0 Å². The lowest BCUT2D eigenvalue weighted by molar-refractivity contribution is -0.132. The highest BCUT2D eigenvalue weighted by Gasteiger charge is 2.28. The molecule has 0 aliphatic carbocycles. The summed E-state index contributed by atoms with van der Waals surface area (Å²) < 4.78 is 18.0. The van der Waals surface area contributed by atoms with Gasteiger partial charge in [-0.1, -0.05) is 17.3 Å². The van der Waals surface area contributed by atoms with Crippen LogP contribution in [0.15, 0.2) is 34.9 Å². The smallest absolute Gasteiger partial charge is 0.228 e. The summed E-state index contributed by atoms with van der Waals surface area (Å²) in [6, 6.07) is 7.71. The molecule has 1 aromatic carbocycles. The number of halogens is 1. The number of aromatic nitrogens is 1. The number of carbonyl (C=O) groups is 1. The normalized spacial score (nSPS) is 17.0. The lowest BCUT2D eigenvalue weighted by Gasteiger charge is -2.34. The minimum Gasteiger partial charge on any atom is -0.388 e. The monoisotopic (exact) mass is 332 g/mol. The van der Waals surface area contributed by atoms with Crippen molar-refractivity contribution in [2.45, 2.75) is 32.3 Å². The molecule has 1 aliphatic heterocycles. The van der Waals surface area contributed by atoms with Crippen LogP contribution >= 0.6 is 0 Å². The van der Waals surface area contributed by atoms with Gasteiger partial charge in [0, 0.05) is 19.2 Å². The molecule has 6 heteroatoms. The van der Waals surface area contributed by atoms with E-state index in [-0.39, 0.29) is 24.1 Å². The van der Waals surface area contributed by atoms with Gasteiger partial charge in [0.2, 0.25) is 5.91 Å². The molecule has 2 heterocycles. The molecule has 3 rings (SSSR count). The number of aliphatic hydroxyl groups is 1. The van der Waals surface area contributed by atoms with E-state index in [4.69, 9.17) is 4.52 Å². The number of benzene rings is 1. The zero-order valence-electron chi connectivity index (χ0n) is 13.6. The van der Waals surface area contributed by atoms with E-state index in [1.54, 1.807) is 30.0 Å². The molecule has 1 amide bonds. The van der Waals surface area contributed by atoms with E-state index in [9.17, 15) is 14.3 Å². The van der Waals surface area contributed by atoms with Crippen molar-refractivity contribution in [1.29, 1.82) is 0 Å². The molecule has 1 N–H and O–H groups in total. The van der Waals surface area contributed by atoms with Gasteiger partial charge in [0.05, 0.1) is 18.2 Å². The number of amides is 1. The first-order chi connectivity index (χ1) is 11.5. The topological polar surface area (TPSA) is 66.6 Å². The fraction of sp³-hybridized carbons (Fsp3) is 0.444. The van der Waals surface area contributed by atoms with E-state index in [0.29, 0.717) is 24.5 Å². The molecule has 5 nitrogen and oxygen atoms in total. The minimum absolute atomic E-state index is 0.0259. The molecule has 1 atom stereocenters. The maximum atomic E-state index is 13.0. The number of carbonyl (C=O) groups excluding carboxylic acids is 1. The molecule has 0 saturated carbocycles. The number of nitrogens with zero attached hydrogens (tertiary/aromatic N) is 2. The molecule has 2 aromatic rings. The van der Waals surface area contributed by atoms with Crippen molar-refractivity contribution in [3.63, 3.8) is 0 Å². The van der Waals surface area contributed by atoms with E-state index in [1.807, 2.05) is 0 Å². The highest BCUT2D eigenvalue weighted by Crippen LogP contribution is 2.31. The van der Waals surface area contributed by atoms with Gasteiger partial charge in [-0.2, -0.15) is 0 Å². The Morgan fingerprint density at radius 1 is 1.38 bits per heavy atom. The van der Waals surface area contributed by atoms with Gasteiger partial charge in [-0.05, 0) is 43.4 Å². The highest BCUT2D eigenvalue weighted by atomic mass is 19.1. The molecule has 0 bridgehead atoms. The second-order valence-electron chi connectivity index (χ2n) is 6.32. The molecular weight excluding hydrogens is 311 g/mol. The Balaban J connectivity index is 1.53. The maximum Gasteiger partial charge on any atom is 0.228 e. The Labute approximate surface area is 140 Å². The van der Waals surface area contributed by atoms with Crippen molar-refractivity contribution in [2.24, 2.45) is 5.92 Å². The van der Waals surface area contributed by atoms with Crippen LogP contribution < -0.4 is 0 Å². The summed E-state index contributed by atoms with van der Waals surface area (Å²) in [4.78, 5) is 14.1. The zero-order valence-corrected chi connectivity index (χ0v) is 13.6. The summed E-state index contributed by atoms with van der Waals surface area (Å²) in [5.41, 5.74) is 1.37. The quantitative estimate of drug-likeness (QED) is 0.935. The van der Waals surface area contributed by atoms with Gasteiger partial charge in [-0.15, -0.1) is 0 Å². The number of piperidine rings is 1. The van der Waals surface area contributed by atoms with Crippen molar-refractivity contribution >= 4 is 5.91 Å². The van der Waals surface area contributed by atoms with Gasteiger partial charge >= 0.3 is 0 Å². The number of aryl methyl sites for hydroxylation is 1. The zero-order chi connectivity index (χ0) is 17.1. The van der Waals surface area contributed by atoms with Crippen LogP contribution in [0.2, 0.25) is 0 Å². The number of hydrogen-bond acceptors (Lipinski definition) is 4.